The zero-order valence-corrected chi connectivity index (χ0v) is 14.4. The molecule has 1 aromatic rings. The molecule has 0 bridgehead atoms. The summed E-state index contributed by atoms with van der Waals surface area (Å²) < 4.78 is 18.5. The number of piperidine rings is 1. The summed E-state index contributed by atoms with van der Waals surface area (Å²) in [6, 6.07) is 6.70. The second kappa shape index (κ2) is 7.30. The Morgan fingerprint density at radius 2 is 1.96 bits per heavy atom. The van der Waals surface area contributed by atoms with Crippen LogP contribution in [0.3, 0.4) is 0 Å². The predicted octanol–water partition coefficient (Wildman–Crippen LogP) is 3.53. The molecular weight excluding hydrogens is 295 g/mol. The molecule has 1 saturated heterocycles. The molecule has 1 fully saturated rings. The molecule has 0 saturated carbocycles. The number of halogens is 1. The molecule has 23 heavy (non-hydrogen) atoms. The highest BCUT2D eigenvalue weighted by Crippen LogP contribution is 2.27. The third-order valence-electron chi connectivity index (χ3n) is 4.04. The number of rotatable bonds is 3. The topological polar surface area (TPSA) is 41.6 Å². The molecule has 5 heteroatoms. The van der Waals surface area contributed by atoms with Crippen LogP contribution in [0.2, 0.25) is 0 Å². The van der Waals surface area contributed by atoms with Gasteiger partial charge in [0.1, 0.15) is 11.4 Å². The van der Waals surface area contributed by atoms with E-state index < -0.39 is 5.60 Å². The predicted molar refractivity (Wildman–Crippen MR) is 89.0 cm³/mol. The van der Waals surface area contributed by atoms with Crippen LogP contribution in [0, 0.1) is 5.82 Å². The SMILES string of the molecule is CCN1CC(NC(=O)OC(C)(C)C)CC(c2ccc(F)cc2)C1. The molecule has 0 radical (unpaired) electrons. The highest BCUT2D eigenvalue weighted by Gasteiger charge is 2.29. The number of alkyl carbamates (subject to hydrolysis) is 1. The zero-order chi connectivity index (χ0) is 17.0. The van der Waals surface area contributed by atoms with Crippen LogP contribution in [0.1, 0.15) is 45.6 Å². The third-order valence-corrected chi connectivity index (χ3v) is 4.04. The van der Waals surface area contributed by atoms with Crippen LogP contribution < -0.4 is 5.32 Å². The molecule has 2 atom stereocenters. The van der Waals surface area contributed by atoms with E-state index >= 15 is 0 Å². The molecule has 2 unspecified atom stereocenters. The van der Waals surface area contributed by atoms with Crippen molar-refractivity contribution in [3.8, 4) is 0 Å². The first-order valence-electron chi connectivity index (χ1n) is 8.24. The van der Waals surface area contributed by atoms with E-state index in [1.165, 1.54) is 12.1 Å². The molecule has 0 aromatic heterocycles. The van der Waals surface area contributed by atoms with Crippen LogP contribution in [0.5, 0.6) is 0 Å². The summed E-state index contributed by atoms with van der Waals surface area (Å²) in [6.45, 7) is 10.3. The lowest BCUT2D eigenvalue weighted by atomic mass is 9.88. The Morgan fingerprint density at radius 3 is 2.52 bits per heavy atom. The number of nitrogens with one attached hydrogen (secondary N) is 1. The van der Waals surface area contributed by atoms with E-state index in [2.05, 4.69) is 17.1 Å². The second-order valence-electron chi connectivity index (χ2n) is 7.18. The minimum atomic E-state index is -0.500. The molecule has 1 amide bonds. The molecule has 1 aromatic carbocycles. The van der Waals surface area contributed by atoms with E-state index in [0.717, 1.165) is 31.6 Å². The van der Waals surface area contributed by atoms with Gasteiger partial charge in [-0.05, 0) is 57.4 Å². The molecule has 1 heterocycles. The van der Waals surface area contributed by atoms with Crippen LogP contribution in [-0.4, -0.2) is 42.3 Å². The number of nitrogens with zero attached hydrogens (tertiary/aromatic N) is 1. The summed E-state index contributed by atoms with van der Waals surface area (Å²) in [5.74, 6) is 0.0598. The maximum atomic E-state index is 13.1. The molecule has 1 N–H and O–H groups in total. The summed E-state index contributed by atoms with van der Waals surface area (Å²) in [4.78, 5) is 14.3. The quantitative estimate of drug-likeness (QED) is 0.925. The fourth-order valence-corrected chi connectivity index (χ4v) is 3.00. The first kappa shape index (κ1) is 17.7. The molecule has 4 nitrogen and oxygen atoms in total. The van der Waals surface area contributed by atoms with Crippen molar-refractivity contribution >= 4 is 6.09 Å². The monoisotopic (exact) mass is 322 g/mol. The maximum absolute atomic E-state index is 13.1. The Hall–Kier alpha value is -1.62. The number of likely N-dealkylation sites (N-methyl/N-ethyl adjacent to an activating group) is 1. The van der Waals surface area contributed by atoms with E-state index in [1.54, 1.807) is 0 Å². The Kier molecular flexibility index (Phi) is 5.63. The summed E-state index contributed by atoms with van der Waals surface area (Å²) >= 11 is 0. The van der Waals surface area contributed by atoms with Crippen molar-refractivity contribution < 1.29 is 13.9 Å². The Balaban J connectivity index is 2.03. The van der Waals surface area contributed by atoms with Gasteiger partial charge in [-0.3, -0.25) is 0 Å². The van der Waals surface area contributed by atoms with Crippen molar-refractivity contribution in [1.29, 1.82) is 0 Å². The molecular formula is C18H27FN2O2. The molecule has 1 aliphatic rings. The Labute approximate surface area is 138 Å². The van der Waals surface area contributed by atoms with Crippen molar-refractivity contribution in [1.82, 2.24) is 10.2 Å². The Morgan fingerprint density at radius 1 is 1.30 bits per heavy atom. The molecule has 2 rings (SSSR count). The number of benzene rings is 1. The fraction of sp³-hybridized carbons (Fsp3) is 0.611. The molecule has 1 aliphatic heterocycles. The van der Waals surface area contributed by atoms with Gasteiger partial charge in [0, 0.05) is 19.1 Å². The average Bonchev–Trinajstić information content (AvgIpc) is 2.45. The van der Waals surface area contributed by atoms with Gasteiger partial charge < -0.3 is 15.0 Å². The van der Waals surface area contributed by atoms with Crippen LogP contribution in [-0.2, 0) is 4.74 Å². The van der Waals surface area contributed by atoms with Crippen LogP contribution in [0.15, 0.2) is 24.3 Å². The van der Waals surface area contributed by atoms with Gasteiger partial charge in [-0.1, -0.05) is 19.1 Å². The van der Waals surface area contributed by atoms with Crippen molar-refractivity contribution in [2.24, 2.45) is 0 Å². The minimum absolute atomic E-state index is 0.0357. The zero-order valence-electron chi connectivity index (χ0n) is 14.4. The summed E-state index contributed by atoms with van der Waals surface area (Å²) in [5.41, 5.74) is 0.611. The van der Waals surface area contributed by atoms with Gasteiger partial charge in [-0.25, -0.2) is 9.18 Å². The summed E-state index contributed by atoms with van der Waals surface area (Å²) in [7, 11) is 0. The normalized spacial score (nSPS) is 22.7. The van der Waals surface area contributed by atoms with Gasteiger partial charge in [0.15, 0.2) is 0 Å². The molecule has 128 valence electrons. The second-order valence-corrected chi connectivity index (χ2v) is 7.18. The smallest absolute Gasteiger partial charge is 0.407 e. The van der Waals surface area contributed by atoms with E-state index in [-0.39, 0.29) is 23.9 Å². The third kappa shape index (κ3) is 5.50. The van der Waals surface area contributed by atoms with Crippen molar-refractivity contribution in [3.05, 3.63) is 35.6 Å². The lowest BCUT2D eigenvalue weighted by molar-refractivity contribution is 0.0467. The van der Waals surface area contributed by atoms with Crippen LogP contribution >= 0.6 is 0 Å². The van der Waals surface area contributed by atoms with Crippen molar-refractivity contribution in [2.75, 3.05) is 19.6 Å². The molecule has 0 spiro atoms. The van der Waals surface area contributed by atoms with Crippen LogP contribution in [0.4, 0.5) is 9.18 Å². The number of carbonyl (C=O) groups is 1. The summed E-state index contributed by atoms with van der Waals surface area (Å²) in [5, 5.41) is 2.97. The van der Waals surface area contributed by atoms with Crippen molar-refractivity contribution in [2.45, 2.75) is 51.7 Å². The fourth-order valence-electron chi connectivity index (χ4n) is 3.00. The first-order valence-corrected chi connectivity index (χ1v) is 8.24. The first-order chi connectivity index (χ1) is 10.8. The van der Waals surface area contributed by atoms with Crippen molar-refractivity contribution in [3.63, 3.8) is 0 Å². The number of ether oxygens (including phenoxy) is 1. The lowest BCUT2D eigenvalue weighted by Gasteiger charge is -2.38. The number of likely N-dealkylation sites (tertiary alicyclic amines) is 1. The largest absolute Gasteiger partial charge is 0.444 e. The highest BCUT2D eigenvalue weighted by molar-refractivity contribution is 5.68. The van der Waals surface area contributed by atoms with Gasteiger partial charge in [-0.2, -0.15) is 0 Å². The van der Waals surface area contributed by atoms with E-state index in [9.17, 15) is 9.18 Å². The highest BCUT2D eigenvalue weighted by atomic mass is 19.1. The average molecular weight is 322 g/mol. The van der Waals surface area contributed by atoms with Gasteiger partial charge in [0.2, 0.25) is 0 Å². The van der Waals surface area contributed by atoms with Gasteiger partial charge in [0.25, 0.3) is 0 Å². The molecule has 0 aliphatic carbocycles. The Bertz CT molecular complexity index is 525. The number of carbonyl (C=O) groups excluding carboxylic acids is 1. The van der Waals surface area contributed by atoms with E-state index in [0.29, 0.717) is 0 Å². The van der Waals surface area contributed by atoms with Gasteiger partial charge >= 0.3 is 6.09 Å². The van der Waals surface area contributed by atoms with Gasteiger partial charge in [-0.15, -0.1) is 0 Å². The van der Waals surface area contributed by atoms with Crippen LogP contribution in [0.25, 0.3) is 0 Å². The van der Waals surface area contributed by atoms with Gasteiger partial charge in [0.05, 0.1) is 0 Å². The van der Waals surface area contributed by atoms with E-state index in [4.69, 9.17) is 4.74 Å². The number of amides is 1. The lowest BCUT2D eigenvalue weighted by Crippen LogP contribution is -2.51. The minimum Gasteiger partial charge on any atom is -0.444 e. The van der Waals surface area contributed by atoms with E-state index in [1.807, 2.05) is 32.9 Å². The number of hydrogen-bond acceptors (Lipinski definition) is 3. The maximum Gasteiger partial charge on any atom is 0.407 e. The number of hydrogen-bond donors (Lipinski definition) is 1. The summed E-state index contributed by atoms with van der Waals surface area (Å²) in [6.07, 6.45) is 0.458. The standard InChI is InChI=1S/C18H27FN2O2/c1-5-21-11-14(13-6-8-15(19)9-7-13)10-16(12-21)20-17(22)23-18(2,3)4/h6-9,14,16H,5,10-12H2,1-4H3,(H,20,22).